The Morgan fingerprint density at radius 3 is 2.45 bits per heavy atom. The Kier molecular flexibility index (Phi) is 7.66. The average Bonchev–Trinajstić information content (AvgIpc) is 3.18. The Morgan fingerprint density at radius 1 is 1.28 bits per heavy atom. The van der Waals surface area contributed by atoms with Crippen molar-refractivity contribution in [1.82, 2.24) is 4.72 Å². The summed E-state index contributed by atoms with van der Waals surface area (Å²) < 4.78 is 37.4. The van der Waals surface area contributed by atoms with Gasteiger partial charge in [-0.15, -0.1) is 0 Å². The normalized spacial score (nSPS) is 17.5. The van der Waals surface area contributed by atoms with Crippen LogP contribution in [0.4, 0.5) is 0 Å². The van der Waals surface area contributed by atoms with E-state index in [1.807, 2.05) is 0 Å². The summed E-state index contributed by atoms with van der Waals surface area (Å²) in [4.78, 5) is 23.5. The van der Waals surface area contributed by atoms with Crippen LogP contribution in [0.5, 0.6) is 0 Å². The van der Waals surface area contributed by atoms with Gasteiger partial charge in [-0.05, 0) is 51.0 Å². The molecule has 1 aromatic carbocycles. The number of aliphatic hydroxyl groups excluding tert-OH is 1. The minimum absolute atomic E-state index is 0.00640. The lowest BCUT2D eigenvalue weighted by atomic mass is 10.1. The maximum absolute atomic E-state index is 12.3. The third-order valence-electron chi connectivity index (χ3n) is 4.28. The van der Waals surface area contributed by atoms with Gasteiger partial charge in [0.25, 0.3) is 0 Å². The lowest BCUT2D eigenvalue weighted by Gasteiger charge is -2.12. The van der Waals surface area contributed by atoms with Gasteiger partial charge in [0.2, 0.25) is 10.0 Å². The lowest BCUT2D eigenvalue weighted by Crippen LogP contribution is -2.31. The summed E-state index contributed by atoms with van der Waals surface area (Å²) in [5.74, 6) is -1.84. The first-order valence-corrected chi connectivity index (χ1v) is 10.5. The van der Waals surface area contributed by atoms with Crippen LogP contribution in [-0.4, -0.2) is 56.9 Å². The molecule has 0 saturated carbocycles. The van der Waals surface area contributed by atoms with Crippen molar-refractivity contribution in [3.8, 4) is 0 Å². The molecule has 10 heteroatoms. The van der Waals surface area contributed by atoms with E-state index >= 15 is 0 Å². The van der Waals surface area contributed by atoms with Crippen LogP contribution in [-0.2, 0) is 24.3 Å². The van der Waals surface area contributed by atoms with E-state index in [9.17, 15) is 23.1 Å². The second-order valence-corrected chi connectivity index (χ2v) is 8.36. The smallest absolute Gasteiger partial charge is 0.338 e. The maximum atomic E-state index is 12.3. The SMILES string of the molecule is CC(=N)/C(C(C)=O)=C(/O)COC(=O)c1ccc(S(=O)(=O)NCC2CCCO2)cc1. The van der Waals surface area contributed by atoms with E-state index in [0.29, 0.717) is 6.61 Å². The molecule has 1 aliphatic heterocycles. The first-order valence-electron chi connectivity index (χ1n) is 8.99. The highest BCUT2D eigenvalue weighted by Crippen LogP contribution is 2.15. The lowest BCUT2D eigenvalue weighted by molar-refractivity contribution is -0.113. The van der Waals surface area contributed by atoms with E-state index in [-0.39, 0.29) is 34.4 Å². The van der Waals surface area contributed by atoms with Gasteiger partial charge in [0.1, 0.15) is 12.4 Å². The molecule has 3 N–H and O–H groups in total. The maximum Gasteiger partial charge on any atom is 0.338 e. The molecule has 0 amide bonds. The molecule has 0 spiro atoms. The molecular formula is C19H24N2O7S. The number of allylic oxidation sites excluding steroid dienone is 1. The van der Waals surface area contributed by atoms with Crippen molar-refractivity contribution >= 4 is 27.5 Å². The van der Waals surface area contributed by atoms with Gasteiger partial charge in [-0.2, -0.15) is 0 Å². The van der Waals surface area contributed by atoms with Gasteiger partial charge in [-0.3, -0.25) is 4.79 Å². The monoisotopic (exact) mass is 424 g/mol. The van der Waals surface area contributed by atoms with Crippen LogP contribution < -0.4 is 4.72 Å². The standard InChI is InChI=1S/C19H24N2O7S/c1-12(20)18(13(2)22)17(23)11-28-19(24)14-5-7-16(8-6-14)29(25,26)21-10-15-4-3-9-27-15/h5-8,15,20-21,23H,3-4,9-11H2,1-2H3/b18-17-,20-12?. The van der Waals surface area contributed by atoms with Crippen molar-refractivity contribution < 1.29 is 32.6 Å². The predicted molar refractivity (Wildman–Crippen MR) is 105 cm³/mol. The summed E-state index contributed by atoms with van der Waals surface area (Å²) >= 11 is 0. The Bertz CT molecular complexity index is 898. The van der Waals surface area contributed by atoms with Crippen molar-refractivity contribution in [2.24, 2.45) is 0 Å². The number of sulfonamides is 1. The van der Waals surface area contributed by atoms with Crippen LogP contribution in [0.3, 0.4) is 0 Å². The first-order chi connectivity index (χ1) is 13.6. The van der Waals surface area contributed by atoms with Gasteiger partial charge in [0.05, 0.1) is 22.1 Å². The summed E-state index contributed by atoms with van der Waals surface area (Å²) in [6.45, 7) is 2.76. The van der Waals surface area contributed by atoms with Crippen molar-refractivity contribution in [3.63, 3.8) is 0 Å². The summed E-state index contributed by atoms with van der Waals surface area (Å²) in [5.41, 5.74) is -0.278. The third kappa shape index (κ3) is 6.21. The third-order valence-corrected chi connectivity index (χ3v) is 5.72. The Balaban J connectivity index is 1.99. The number of nitrogens with one attached hydrogen (secondary N) is 2. The molecule has 1 heterocycles. The molecule has 9 nitrogen and oxygen atoms in total. The number of ether oxygens (including phenoxy) is 2. The van der Waals surface area contributed by atoms with Gasteiger partial charge in [-0.1, -0.05) is 0 Å². The molecular weight excluding hydrogens is 400 g/mol. The first kappa shape index (κ1) is 22.7. The fourth-order valence-corrected chi connectivity index (χ4v) is 3.90. The van der Waals surface area contributed by atoms with Crippen molar-refractivity contribution in [2.75, 3.05) is 19.8 Å². The molecule has 1 atom stereocenters. The molecule has 158 valence electrons. The number of hydrogen-bond donors (Lipinski definition) is 3. The number of rotatable bonds is 9. The summed E-state index contributed by atoms with van der Waals surface area (Å²) in [7, 11) is -3.74. The summed E-state index contributed by atoms with van der Waals surface area (Å²) in [6, 6.07) is 5.12. The van der Waals surface area contributed by atoms with Crippen molar-refractivity contribution in [1.29, 1.82) is 5.41 Å². The molecule has 1 unspecified atom stereocenters. The van der Waals surface area contributed by atoms with E-state index in [0.717, 1.165) is 12.8 Å². The Labute approximate surface area is 169 Å². The molecule has 0 aromatic heterocycles. The molecule has 0 bridgehead atoms. The number of ketones is 1. The predicted octanol–water partition coefficient (Wildman–Crippen LogP) is 1.74. The second kappa shape index (κ2) is 9.77. The highest BCUT2D eigenvalue weighted by Gasteiger charge is 2.21. The van der Waals surface area contributed by atoms with Gasteiger partial charge < -0.3 is 20.0 Å². The van der Waals surface area contributed by atoms with Crippen molar-refractivity contribution in [3.05, 3.63) is 41.2 Å². The van der Waals surface area contributed by atoms with E-state index in [4.69, 9.17) is 14.9 Å². The van der Waals surface area contributed by atoms with Crippen LogP contribution in [0.25, 0.3) is 0 Å². The molecule has 0 radical (unpaired) electrons. The van der Waals surface area contributed by atoms with Crippen molar-refractivity contribution in [2.45, 2.75) is 37.7 Å². The fourth-order valence-electron chi connectivity index (χ4n) is 2.83. The minimum atomic E-state index is -3.74. The minimum Gasteiger partial charge on any atom is -0.508 e. The average molecular weight is 424 g/mol. The second-order valence-electron chi connectivity index (χ2n) is 6.59. The van der Waals surface area contributed by atoms with E-state index in [2.05, 4.69) is 4.72 Å². The highest BCUT2D eigenvalue weighted by molar-refractivity contribution is 7.89. The molecule has 0 aliphatic carbocycles. The summed E-state index contributed by atoms with van der Waals surface area (Å²) in [6.07, 6.45) is 1.57. The zero-order chi connectivity index (χ0) is 21.6. The van der Waals surface area contributed by atoms with E-state index < -0.39 is 34.1 Å². The number of carbonyl (C=O) groups excluding carboxylic acids is 2. The van der Waals surface area contributed by atoms with Crippen LogP contribution in [0.2, 0.25) is 0 Å². The van der Waals surface area contributed by atoms with Gasteiger partial charge in [0, 0.05) is 18.9 Å². The Hall–Kier alpha value is -2.56. The van der Waals surface area contributed by atoms with Crippen LogP contribution in [0.15, 0.2) is 40.5 Å². The van der Waals surface area contributed by atoms with Crippen LogP contribution in [0, 0.1) is 5.41 Å². The zero-order valence-electron chi connectivity index (χ0n) is 16.2. The number of Topliss-reactive ketones (excluding diaryl/α,β-unsaturated/α-hetero) is 1. The van der Waals surface area contributed by atoms with Gasteiger partial charge >= 0.3 is 5.97 Å². The highest BCUT2D eigenvalue weighted by atomic mass is 32.2. The zero-order valence-corrected chi connectivity index (χ0v) is 17.0. The molecule has 1 fully saturated rings. The number of benzene rings is 1. The Morgan fingerprint density at radius 2 is 1.93 bits per heavy atom. The van der Waals surface area contributed by atoms with E-state index in [1.165, 1.54) is 38.1 Å². The molecule has 29 heavy (non-hydrogen) atoms. The molecule has 2 rings (SSSR count). The van der Waals surface area contributed by atoms with Crippen LogP contribution >= 0.6 is 0 Å². The fraction of sp³-hybridized carbons (Fsp3) is 0.421. The van der Waals surface area contributed by atoms with Gasteiger partial charge in [-0.25, -0.2) is 17.9 Å². The number of esters is 1. The topological polar surface area (TPSA) is 143 Å². The number of hydrogen-bond acceptors (Lipinski definition) is 8. The summed E-state index contributed by atoms with van der Waals surface area (Å²) in [5, 5.41) is 17.4. The van der Waals surface area contributed by atoms with E-state index in [1.54, 1.807) is 0 Å². The largest absolute Gasteiger partial charge is 0.508 e. The number of carbonyl (C=O) groups is 2. The molecule has 1 saturated heterocycles. The van der Waals surface area contributed by atoms with Crippen LogP contribution in [0.1, 0.15) is 37.0 Å². The molecule has 1 aliphatic rings. The quantitative estimate of drug-likeness (QED) is 0.237. The number of aliphatic hydroxyl groups is 1. The van der Waals surface area contributed by atoms with Gasteiger partial charge in [0.15, 0.2) is 5.78 Å². The molecule has 1 aromatic rings.